The van der Waals surface area contributed by atoms with Gasteiger partial charge in [-0.25, -0.2) is 18.5 Å². The van der Waals surface area contributed by atoms with Gasteiger partial charge in [0.2, 0.25) is 0 Å². The molecule has 22 heavy (non-hydrogen) atoms. The van der Waals surface area contributed by atoms with Crippen molar-refractivity contribution in [3.63, 3.8) is 0 Å². The number of benzene rings is 2. The summed E-state index contributed by atoms with van der Waals surface area (Å²) < 4.78 is 23.7. The Hall–Kier alpha value is -2.02. The van der Waals surface area contributed by atoms with E-state index >= 15 is 0 Å². The summed E-state index contributed by atoms with van der Waals surface area (Å²) in [6, 6.07) is 17.1. The Morgan fingerprint density at radius 3 is 2.18 bits per heavy atom. The second-order valence-electron chi connectivity index (χ2n) is 4.93. The van der Waals surface area contributed by atoms with Crippen molar-refractivity contribution >= 4 is 21.4 Å². The fraction of sp³-hybridized carbons (Fsp3) is 0.0625. The molecule has 0 unspecified atom stereocenters. The number of aromatic nitrogens is 1. The largest absolute Gasteiger partial charge is 0.257 e. The van der Waals surface area contributed by atoms with Crippen molar-refractivity contribution < 1.29 is 8.42 Å². The summed E-state index contributed by atoms with van der Waals surface area (Å²) in [5.41, 5.74) is 2.81. The molecule has 112 valence electrons. The van der Waals surface area contributed by atoms with Gasteiger partial charge in [-0.2, -0.15) is 0 Å². The molecule has 3 rings (SSSR count). The lowest BCUT2D eigenvalue weighted by Gasteiger charge is -1.99. The van der Waals surface area contributed by atoms with Gasteiger partial charge in [0.05, 0.1) is 4.88 Å². The summed E-state index contributed by atoms with van der Waals surface area (Å²) >= 11 is 1.33. The number of thiazole rings is 1. The summed E-state index contributed by atoms with van der Waals surface area (Å²) in [6.45, 7) is 2.00. The Labute approximate surface area is 133 Å². The smallest absolute Gasteiger partial charge is 0.223 e. The number of nitrogens with zero attached hydrogens (tertiary/aromatic N) is 1. The first-order valence-corrected chi connectivity index (χ1v) is 8.97. The highest BCUT2D eigenvalue weighted by Crippen LogP contribution is 2.37. The van der Waals surface area contributed by atoms with Crippen molar-refractivity contribution in [3.05, 3.63) is 60.2 Å². The van der Waals surface area contributed by atoms with Gasteiger partial charge in [0, 0.05) is 5.56 Å². The van der Waals surface area contributed by atoms with Crippen LogP contribution in [0.1, 0.15) is 5.56 Å². The second kappa shape index (κ2) is 5.64. The molecule has 0 atom stereocenters. The predicted octanol–water partition coefficient (Wildman–Crippen LogP) is 3.43. The molecule has 1 heterocycles. The summed E-state index contributed by atoms with van der Waals surface area (Å²) in [5.74, 6) is 0. The molecule has 0 spiro atoms. The van der Waals surface area contributed by atoms with Crippen molar-refractivity contribution in [2.24, 2.45) is 5.14 Å². The Morgan fingerprint density at radius 1 is 0.955 bits per heavy atom. The predicted molar refractivity (Wildman–Crippen MR) is 89.1 cm³/mol. The molecule has 2 N–H and O–H groups in total. The van der Waals surface area contributed by atoms with Gasteiger partial charge in [-0.15, -0.1) is 11.3 Å². The van der Waals surface area contributed by atoms with E-state index in [4.69, 9.17) is 5.14 Å². The average molecular weight is 330 g/mol. The number of hydrogen-bond donors (Lipinski definition) is 1. The molecule has 1 aromatic heterocycles. The third-order valence-corrected chi connectivity index (χ3v) is 5.32. The normalized spacial score (nSPS) is 11.5. The molecule has 0 aliphatic carbocycles. The van der Waals surface area contributed by atoms with Gasteiger partial charge in [0.1, 0.15) is 5.01 Å². The Morgan fingerprint density at radius 2 is 1.59 bits per heavy atom. The number of rotatable bonds is 3. The van der Waals surface area contributed by atoms with Gasteiger partial charge in [-0.05, 0) is 12.5 Å². The molecule has 0 saturated heterocycles. The zero-order chi connectivity index (χ0) is 15.7. The van der Waals surface area contributed by atoms with E-state index in [1.165, 1.54) is 11.3 Å². The lowest BCUT2D eigenvalue weighted by atomic mass is 10.2. The summed E-state index contributed by atoms with van der Waals surface area (Å²) in [5, 5.41) is 5.90. The van der Waals surface area contributed by atoms with Crippen LogP contribution in [-0.4, -0.2) is 13.4 Å². The maximum atomic E-state index is 11.8. The Balaban J connectivity index is 2.20. The number of aryl methyl sites for hydroxylation is 1. The Bertz CT molecular complexity index is 899. The van der Waals surface area contributed by atoms with E-state index < -0.39 is 10.0 Å². The van der Waals surface area contributed by atoms with Crippen LogP contribution in [0.5, 0.6) is 0 Å². The lowest BCUT2D eigenvalue weighted by Crippen LogP contribution is -2.13. The lowest BCUT2D eigenvalue weighted by molar-refractivity contribution is 0.595. The minimum atomic E-state index is -3.88. The van der Waals surface area contributed by atoms with Crippen LogP contribution >= 0.6 is 11.3 Å². The first-order chi connectivity index (χ1) is 10.4. The van der Waals surface area contributed by atoms with Crippen LogP contribution in [0.2, 0.25) is 0 Å². The van der Waals surface area contributed by atoms with Crippen molar-refractivity contribution in [3.8, 4) is 21.0 Å². The van der Waals surface area contributed by atoms with Gasteiger partial charge in [-0.3, -0.25) is 0 Å². The van der Waals surface area contributed by atoms with Crippen LogP contribution < -0.4 is 5.14 Å². The molecule has 0 bridgehead atoms. The summed E-state index contributed by atoms with van der Waals surface area (Å²) in [7, 11) is -3.88. The van der Waals surface area contributed by atoms with E-state index in [9.17, 15) is 8.42 Å². The second-order valence-corrected chi connectivity index (χ2v) is 7.41. The monoisotopic (exact) mass is 330 g/mol. The minimum Gasteiger partial charge on any atom is -0.223 e. The third kappa shape index (κ3) is 2.94. The van der Waals surface area contributed by atoms with Gasteiger partial charge < -0.3 is 0 Å². The third-order valence-electron chi connectivity index (χ3n) is 3.20. The van der Waals surface area contributed by atoms with Crippen molar-refractivity contribution in [1.29, 1.82) is 0 Å². The molecule has 0 amide bonds. The molecule has 2 aromatic carbocycles. The molecule has 3 aromatic rings. The van der Waals surface area contributed by atoms with Crippen molar-refractivity contribution in [2.75, 3.05) is 0 Å². The van der Waals surface area contributed by atoms with Crippen LogP contribution in [-0.2, 0) is 10.0 Å². The first-order valence-electron chi connectivity index (χ1n) is 6.61. The van der Waals surface area contributed by atoms with Crippen molar-refractivity contribution in [1.82, 2.24) is 4.98 Å². The number of sulfonamides is 1. The number of nitrogens with two attached hydrogens (primary N) is 1. The molecule has 6 heteroatoms. The number of hydrogen-bond acceptors (Lipinski definition) is 4. The van der Waals surface area contributed by atoms with Gasteiger partial charge in [0.25, 0.3) is 10.0 Å². The quantitative estimate of drug-likeness (QED) is 0.799. The molecule has 0 radical (unpaired) electrons. The summed E-state index contributed by atoms with van der Waals surface area (Å²) in [4.78, 5) is 4.83. The molecule has 0 aliphatic rings. The maximum Gasteiger partial charge on any atom is 0.257 e. The van der Waals surface area contributed by atoms with Crippen molar-refractivity contribution in [2.45, 2.75) is 11.9 Å². The van der Waals surface area contributed by atoms with Gasteiger partial charge in [0.15, 0.2) is 5.03 Å². The van der Waals surface area contributed by atoms with E-state index in [1.54, 1.807) is 0 Å². The van der Waals surface area contributed by atoms with Crippen LogP contribution in [0, 0.1) is 6.92 Å². The van der Waals surface area contributed by atoms with Crippen LogP contribution in [0.15, 0.2) is 59.6 Å². The molecule has 0 fully saturated rings. The highest BCUT2D eigenvalue weighted by Gasteiger charge is 2.22. The van der Waals surface area contributed by atoms with E-state index in [1.807, 2.05) is 61.5 Å². The van der Waals surface area contributed by atoms with E-state index in [0.717, 1.165) is 16.7 Å². The van der Waals surface area contributed by atoms with E-state index in [0.29, 0.717) is 9.88 Å². The SMILES string of the molecule is Cc1ccc(-c2nc(S(N)(=O)=O)c(-c3ccccc3)s2)cc1. The summed E-state index contributed by atoms with van der Waals surface area (Å²) in [6.07, 6.45) is 0. The fourth-order valence-electron chi connectivity index (χ4n) is 2.09. The van der Waals surface area contributed by atoms with Crippen LogP contribution in [0.25, 0.3) is 21.0 Å². The topological polar surface area (TPSA) is 73.0 Å². The maximum absolute atomic E-state index is 11.8. The molecular weight excluding hydrogens is 316 g/mol. The van der Waals surface area contributed by atoms with Gasteiger partial charge >= 0.3 is 0 Å². The van der Waals surface area contributed by atoms with Crippen LogP contribution in [0.4, 0.5) is 0 Å². The fourth-order valence-corrected chi connectivity index (χ4v) is 4.19. The standard InChI is InChI=1S/C16H14N2O2S2/c1-11-7-9-13(10-8-11)15-18-16(22(17,19)20)14(21-15)12-5-3-2-4-6-12/h2-10H,1H3,(H2,17,19,20). The zero-order valence-corrected chi connectivity index (χ0v) is 13.5. The number of primary sulfonamides is 1. The average Bonchev–Trinajstić information content (AvgIpc) is 2.94. The highest BCUT2D eigenvalue weighted by atomic mass is 32.2. The first kappa shape index (κ1) is 14.9. The Kier molecular flexibility index (Phi) is 3.82. The van der Waals surface area contributed by atoms with E-state index in [-0.39, 0.29) is 5.03 Å². The highest BCUT2D eigenvalue weighted by molar-refractivity contribution is 7.89. The zero-order valence-electron chi connectivity index (χ0n) is 11.9. The molecule has 0 aliphatic heterocycles. The molecular formula is C16H14N2O2S2. The van der Waals surface area contributed by atoms with Crippen LogP contribution in [0.3, 0.4) is 0 Å². The molecule has 0 saturated carbocycles. The minimum absolute atomic E-state index is 0.0701. The van der Waals surface area contributed by atoms with Gasteiger partial charge in [-0.1, -0.05) is 60.2 Å². The molecule has 4 nitrogen and oxygen atoms in total. The van der Waals surface area contributed by atoms with E-state index in [2.05, 4.69) is 4.98 Å².